The molecule has 1 aliphatic heterocycles. The minimum Gasteiger partial charge on any atom is -0.461 e. The summed E-state index contributed by atoms with van der Waals surface area (Å²) in [5.41, 5.74) is -1.37. The number of carbonyl (C=O) groups excluding carboxylic acids is 2. The van der Waals surface area contributed by atoms with Crippen LogP contribution in [0.5, 0.6) is 0 Å². The molecule has 2 rings (SSSR count). The van der Waals surface area contributed by atoms with Crippen molar-refractivity contribution in [1.82, 2.24) is 5.01 Å². The lowest BCUT2D eigenvalue weighted by atomic mass is 9.80. The van der Waals surface area contributed by atoms with Crippen LogP contribution in [0.15, 0.2) is 35.4 Å². The molecule has 1 aromatic carbocycles. The van der Waals surface area contributed by atoms with Gasteiger partial charge in [-0.3, -0.25) is 4.79 Å². The van der Waals surface area contributed by atoms with Gasteiger partial charge in [0.05, 0.1) is 13.0 Å². The van der Waals surface area contributed by atoms with Crippen molar-refractivity contribution in [3.63, 3.8) is 0 Å². The Labute approximate surface area is 142 Å². The Morgan fingerprint density at radius 1 is 1.29 bits per heavy atom. The number of carbonyl (C=O) groups is 2. The molecule has 130 valence electrons. The summed E-state index contributed by atoms with van der Waals surface area (Å²) in [4.78, 5) is 24.7. The van der Waals surface area contributed by atoms with Crippen LogP contribution >= 0.6 is 0 Å². The molecule has 1 aliphatic rings. The molecule has 1 amide bonds. The molecule has 6 heteroatoms. The average Bonchev–Trinajstić information content (AvgIpc) is 2.88. The van der Waals surface area contributed by atoms with Crippen molar-refractivity contribution >= 4 is 17.6 Å². The summed E-state index contributed by atoms with van der Waals surface area (Å²) in [6.45, 7) is 7.32. The van der Waals surface area contributed by atoms with E-state index >= 15 is 0 Å². The average molecular weight is 332 g/mol. The molecule has 0 saturated carbocycles. The van der Waals surface area contributed by atoms with Crippen LogP contribution in [0, 0.1) is 5.41 Å². The van der Waals surface area contributed by atoms with E-state index in [1.165, 1.54) is 0 Å². The Balaban J connectivity index is 2.30. The van der Waals surface area contributed by atoms with E-state index in [2.05, 4.69) is 5.10 Å². The zero-order chi connectivity index (χ0) is 18.0. The number of nitrogens with zero attached hydrogens (tertiary/aromatic N) is 2. The number of hydrazone groups is 1. The lowest BCUT2D eigenvalue weighted by Gasteiger charge is -2.41. The highest BCUT2D eigenvalue weighted by molar-refractivity contribution is 6.37. The van der Waals surface area contributed by atoms with Crippen LogP contribution in [-0.4, -0.2) is 40.0 Å². The van der Waals surface area contributed by atoms with E-state index in [-0.39, 0.29) is 31.1 Å². The lowest BCUT2D eigenvalue weighted by Crippen LogP contribution is -2.55. The molecule has 0 aliphatic carbocycles. The van der Waals surface area contributed by atoms with Crippen molar-refractivity contribution in [2.24, 2.45) is 10.5 Å². The van der Waals surface area contributed by atoms with Gasteiger partial charge in [0.15, 0.2) is 11.4 Å². The Morgan fingerprint density at radius 3 is 2.46 bits per heavy atom. The van der Waals surface area contributed by atoms with Crippen molar-refractivity contribution in [2.45, 2.75) is 46.3 Å². The largest absolute Gasteiger partial charge is 0.461 e. The SMILES string of the molecule is CCOC(=O)C1=NN(C(=O)Cc2ccccc2)[C@](O)(C(C)(C)C)C1. The van der Waals surface area contributed by atoms with Gasteiger partial charge in [0, 0.05) is 11.8 Å². The third kappa shape index (κ3) is 3.48. The fraction of sp³-hybridized carbons (Fsp3) is 0.500. The fourth-order valence-electron chi connectivity index (χ4n) is 2.56. The molecule has 0 radical (unpaired) electrons. The third-order valence-corrected chi connectivity index (χ3v) is 4.13. The molecule has 0 spiro atoms. The highest BCUT2D eigenvalue weighted by Gasteiger charge is 2.53. The Kier molecular flexibility index (Phi) is 5.08. The minimum absolute atomic E-state index is 0.0458. The van der Waals surface area contributed by atoms with Crippen LogP contribution in [0.3, 0.4) is 0 Å². The normalized spacial score (nSPS) is 20.7. The molecule has 0 saturated heterocycles. The molecule has 1 heterocycles. The topological polar surface area (TPSA) is 79.2 Å². The van der Waals surface area contributed by atoms with E-state index in [1.54, 1.807) is 27.7 Å². The molecule has 1 aromatic rings. The van der Waals surface area contributed by atoms with E-state index in [1.807, 2.05) is 30.3 Å². The van der Waals surface area contributed by atoms with Gasteiger partial charge in [-0.25, -0.2) is 9.80 Å². The maximum Gasteiger partial charge on any atom is 0.354 e. The molecule has 0 unspecified atom stereocenters. The predicted octanol–water partition coefficient (Wildman–Crippen LogP) is 2.12. The van der Waals surface area contributed by atoms with Crippen molar-refractivity contribution in [3.05, 3.63) is 35.9 Å². The predicted molar refractivity (Wildman–Crippen MR) is 90.1 cm³/mol. The molecular formula is C18H24N2O4. The smallest absolute Gasteiger partial charge is 0.354 e. The van der Waals surface area contributed by atoms with Gasteiger partial charge in [-0.15, -0.1) is 0 Å². The van der Waals surface area contributed by atoms with E-state index in [9.17, 15) is 14.7 Å². The van der Waals surface area contributed by atoms with Crippen LogP contribution in [0.4, 0.5) is 0 Å². The van der Waals surface area contributed by atoms with Gasteiger partial charge in [0.1, 0.15) is 0 Å². The second-order valence-electron chi connectivity index (χ2n) is 6.88. The molecule has 0 fully saturated rings. The minimum atomic E-state index is -1.57. The molecule has 0 bridgehead atoms. The van der Waals surface area contributed by atoms with E-state index in [0.717, 1.165) is 10.6 Å². The second kappa shape index (κ2) is 6.73. The van der Waals surface area contributed by atoms with Crippen LogP contribution in [0.1, 0.15) is 39.7 Å². The van der Waals surface area contributed by atoms with Gasteiger partial charge in [0.25, 0.3) is 0 Å². The van der Waals surface area contributed by atoms with Crippen molar-refractivity contribution < 1.29 is 19.4 Å². The fourth-order valence-corrected chi connectivity index (χ4v) is 2.56. The summed E-state index contributed by atoms with van der Waals surface area (Å²) in [5, 5.41) is 16.3. The summed E-state index contributed by atoms with van der Waals surface area (Å²) >= 11 is 0. The van der Waals surface area contributed by atoms with Gasteiger partial charge >= 0.3 is 5.97 Å². The van der Waals surface area contributed by atoms with Crippen LogP contribution in [-0.2, 0) is 20.7 Å². The number of esters is 1. The number of aliphatic hydroxyl groups is 1. The Morgan fingerprint density at radius 2 is 1.92 bits per heavy atom. The van der Waals surface area contributed by atoms with E-state index in [0.29, 0.717) is 0 Å². The van der Waals surface area contributed by atoms with Gasteiger partial charge < -0.3 is 9.84 Å². The summed E-state index contributed by atoms with van der Waals surface area (Å²) in [6, 6.07) is 9.22. The first-order valence-corrected chi connectivity index (χ1v) is 8.03. The second-order valence-corrected chi connectivity index (χ2v) is 6.88. The van der Waals surface area contributed by atoms with Crippen molar-refractivity contribution in [2.75, 3.05) is 6.61 Å². The van der Waals surface area contributed by atoms with Gasteiger partial charge in [-0.2, -0.15) is 5.10 Å². The van der Waals surface area contributed by atoms with Gasteiger partial charge in [0.2, 0.25) is 5.91 Å². The maximum atomic E-state index is 12.7. The molecule has 1 N–H and O–H groups in total. The quantitative estimate of drug-likeness (QED) is 0.857. The standard InChI is InChI=1S/C18H24N2O4/c1-5-24-16(22)14-12-18(23,17(2,3)4)20(19-14)15(21)11-13-9-7-6-8-10-13/h6-10,23H,5,11-12H2,1-4H3/t18-/m1/s1. The zero-order valence-electron chi connectivity index (χ0n) is 14.6. The number of benzene rings is 1. The maximum absolute atomic E-state index is 12.7. The Hall–Kier alpha value is -2.21. The van der Waals surface area contributed by atoms with Crippen LogP contribution in [0.25, 0.3) is 0 Å². The first-order chi connectivity index (χ1) is 11.2. The van der Waals surface area contributed by atoms with Gasteiger partial charge in [-0.05, 0) is 12.5 Å². The number of ether oxygens (including phenoxy) is 1. The summed E-state index contributed by atoms with van der Waals surface area (Å²) < 4.78 is 4.96. The highest BCUT2D eigenvalue weighted by Crippen LogP contribution is 2.41. The van der Waals surface area contributed by atoms with E-state index < -0.39 is 17.1 Å². The number of hydrogen-bond donors (Lipinski definition) is 1. The summed E-state index contributed by atoms with van der Waals surface area (Å²) in [6.07, 6.45) is 0.0503. The highest BCUT2D eigenvalue weighted by atomic mass is 16.5. The molecule has 1 atom stereocenters. The zero-order valence-corrected chi connectivity index (χ0v) is 14.6. The van der Waals surface area contributed by atoms with E-state index in [4.69, 9.17) is 4.74 Å². The van der Waals surface area contributed by atoms with Crippen LogP contribution < -0.4 is 0 Å². The van der Waals surface area contributed by atoms with Crippen molar-refractivity contribution in [1.29, 1.82) is 0 Å². The van der Waals surface area contributed by atoms with Crippen molar-refractivity contribution in [3.8, 4) is 0 Å². The monoisotopic (exact) mass is 332 g/mol. The first kappa shape index (κ1) is 18.1. The van der Waals surface area contributed by atoms with Gasteiger partial charge in [-0.1, -0.05) is 51.1 Å². The molecule has 24 heavy (non-hydrogen) atoms. The number of hydrogen-bond acceptors (Lipinski definition) is 5. The molecular weight excluding hydrogens is 308 g/mol. The Bertz CT molecular complexity index is 649. The molecule has 6 nitrogen and oxygen atoms in total. The summed E-state index contributed by atoms with van der Waals surface area (Å²) in [5.74, 6) is -0.965. The first-order valence-electron chi connectivity index (χ1n) is 8.03. The number of rotatable bonds is 4. The van der Waals surface area contributed by atoms with Crippen LogP contribution in [0.2, 0.25) is 0 Å². The molecule has 0 aromatic heterocycles. The lowest BCUT2D eigenvalue weighted by molar-refractivity contribution is -0.181. The third-order valence-electron chi connectivity index (χ3n) is 4.13. The summed E-state index contributed by atoms with van der Waals surface area (Å²) in [7, 11) is 0. The number of amides is 1.